The zero-order chi connectivity index (χ0) is 10.4. The molecule has 1 fully saturated rings. The summed E-state index contributed by atoms with van der Waals surface area (Å²) in [4.78, 5) is 4.42. The Bertz CT molecular complexity index is 194. The highest BCUT2D eigenvalue weighted by molar-refractivity contribution is 5.84. The predicted octanol–water partition coefficient (Wildman–Crippen LogP) is 0.931. The molecule has 4 heteroatoms. The van der Waals surface area contributed by atoms with Crippen LogP contribution in [-0.4, -0.2) is 26.1 Å². The molecule has 0 amide bonds. The molecule has 0 aliphatic heterocycles. The Kier molecular flexibility index (Phi) is 4.90. The van der Waals surface area contributed by atoms with E-state index in [0.29, 0.717) is 25.0 Å². The fourth-order valence-electron chi connectivity index (χ4n) is 2.08. The molecule has 0 saturated heterocycles. The zero-order valence-electron chi connectivity index (χ0n) is 9.12. The maximum absolute atomic E-state index is 5.48. The molecule has 2 unspecified atom stereocenters. The first kappa shape index (κ1) is 11.5. The molecule has 0 heterocycles. The van der Waals surface area contributed by atoms with Crippen LogP contribution in [0.4, 0.5) is 0 Å². The minimum Gasteiger partial charge on any atom is -0.383 e. The summed E-state index contributed by atoms with van der Waals surface area (Å²) in [5.74, 6) is 7.65. The van der Waals surface area contributed by atoms with Crippen LogP contribution in [0.1, 0.15) is 26.2 Å². The summed E-state index contributed by atoms with van der Waals surface area (Å²) in [5.41, 5.74) is 2.73. The van der Waals surface area contributed by atoms with E-state index in [-0.39, 0.29) is 0 Å². The standard InChI is InChI=1S/C10H21N3O/c1-8-4-3-5-9(8)10(13-11)12-6-7-14-2/h8-9H,3-7,11H2,1-2H3,(H,12,13). The van der Waals surface area contributed by atoms with Gasteiger partial charge in [-0.1, -0.05) is 13.3 Å². The Hall–Kier alpha value is -0.610. The molecule has 82 valence electrons. The van der Waals surface area contributed by atoms with Crippen LogP contribution in [0.3, 0.4) is 0 Å². The number of methoxy groups -OCH3 is 1. The highest BCUT2D eigenvalue weighted by atomic mass is 16.5. The van der Waals surface area contributed by atoms with E-state index in [1.165, 1.54) is 19.3 Å². The fraction of sp³-hybridized carbons (Fsp3) is 0.900. The van der Waals surface area contributed by atoms with E-state index in [2.05, 4.69) is 17.3 Å². The number of hydrazine groups is 1. The summed E-state index contributed by atoms with van der Waals surface area (Å²) >= 11 is 0. The quantitative estimate of drug-likeness (QED) is 0.233. The second-order valence-corrected chi connectivity index (χ2v) is 3.92. The number of nitrogens with two attached hydrogens (primary N) is 1. The van der Waals surface area contributed by atoms with Crippen molar-refractivity contribution >= 4 is 5.84 Å². The van der Waals surface area contributed by atoms with E-state index in [1.807, 2.05) is 0 Å². The average Bonchev–Trinajstić information content (AvgIpc) is 2.60. The third-order valence-corrected chi connectivity index (χ3v) is 2.94. The van der Waals surface area contributed by atoms with Crippen LogP contribution in [-0.2, 0) is 4.74 Å². The highest BCUT2D eigenvalue weighted by Gasteiger charge is 2.27. The van der Waals surface area contributed by atoms with Gasteiger partial charge in [-0.3, -0.25) is 4.99 Å². The Morgan fingerprint density at radius 1 is 1.57 bits per heavy atom. The van der Waals surface area contributed by atoms with Gasteiger partial charge in [-0.2, -0.15) is 0 Å². The SMILES string of the molecule is COCCN=C(NN)C1CCCC1C. The molecule has 0 bridgehead atoms. The van der Waals surface area contributed by atoms with Crippen molar-refractivity contribution in [3.63, 3.8) is 0 Å². The van der Waals surface area contributed by atoms with Crippen LogP contribution in [0.15, 0.2) is 4.99 Å². The van der Waals surface area contributed by atoms with Crippen molar-refractivity contribution in [2.24, 2.45) is 22.7 Å². The Balaban J connectivity index is 2.47. The van der Waals surface area contributed by atoms with E-state index in [1.54, 1.807) is 7.11 Å². The molecular weight excluding hydrogens is 178 g/mol. The average molecular weight is 199 g/mol. The maximum Gasteiger partial charge on any atom is 0.114 e. The molecule has 2 atom stereocenters. The van der Waals surface area contributed by atoms with Gasteiger partial charge in [0.1, 0.15) is 5.84 Å². The molecule has 0 radical (unpaired) electrons. The number of hydrogen-bond donors (Lipinski definition) is 2. The van der Waals surface area contributed by atoms with Gasteiger partial charge in [-0.15, -0.1) is 0 Å². The van der Waals surface area contributed by atoms with Crippen molar-refractivity contribution in [3.05, 3.63) is 0 Å². The third-order valence-electron chi connectivity index (χ3n) is 2.94. The molecule has 0 spiro atoms. The maximum atomic E-state index is 5.48. The number of rotatable bonds is 4. The molecule has 14 heavy (non-hydrogen) atoms. The molecule has 1 saturated carbocycles. The van der Waals surface area contributed by atoms with Crippen molar-refractivity contribution in [1.82, 2.24) is 5.43 Å². The fourth-order valence-corrected chi connectivity index (χ4v) is 2.08. The lowest BCUT2D eigenvalue weighted by molar-refractivity contribution is 0.207. The summed E-state index contributed by atoms with van der Waals surface area (Å²) < 4.78 is 4.95. The second kappa shape index (κ2) is 5.98. The van der Waals surface area contributed by atoms with Gasteiger partial charge in [0.2, 0.25) is 0 Å². The smallest absolute Gasteiger partial charge is 0.114 e. The summed E-state index contributed by atoms with van der Waals surface area (Å²) in [6.45, 7) is 3.62. The lowest BCUT2D eigenvalue weighted by Crippen LogP contribution is -2.37. The highest BCUT2D eigenvalue weighted by Crippen LogP contribution is 2.31. The Labute approximate surface area is 85.9 Å². The van der Waals surface area contributed by atoms with Crippen LogP contribution in [0.2, 0.25) is 0 Å². The van der Waals surface area contributed by atoms with Crippen molar-refractivity contribution in [2.75, 3.05) is 20.3 Å². The van der Waals surface area contributed by atoms with Crippen LogP contribution in [0.5, 0.6) is 0 Å². The first-order valence-corrected chi connectivity index (χ1v) is 5.29. The first-order chi connectivity index (χ1) is 6.79. The largest absolute Gasteiger partial charge is 0.383 e. The van der Waals surface area contributed by atoms with Crippen LogP contribution < -0.4 is 11.3 Å². The molecule has 0 aromatic rings. The number of aliphatic imine (C=N–C) groups is 1. The van der Waals surface area contributed by atoms with E-state index in [9.17, 15) is 0 Å². The summed E-state index contributed by atoms with van der Waals surface area (Å²) in [6.07, 6.45) is 3.78. The molecule has 4 nitrogen and oxygen atoms in total. The zero-order valence-corrected chi connectivity index (χ0v) is 9.12. The number of nitrogens with zero attached hydrogens (tertiary/aromatic N) is 1. The van der Waals surface area contributed by atoms with E-state index < -0.39 is 0 Å². The van der Waals surface area contributed by atoms with Gasteiger partial charge < -0.3 is 10.2 Å². The monoisotopic (exact) mass is 199 g/mol. The van der Waals surface area contributed by atoms with Gasteiger partial charge >= 0.3 is 0 Å². The van der Waals surface area contributed by atoms with E-state index >= 15 is 0 Å². The molecule has 3 N–H and O–H groups in total. The number of amidine groups is 1. The van der Waals surface area contributed by atoms with Crippen LogP contribution >= 0.6 is 0 Å². The summed E-state index contributed by atoms with van der Waals surface area (Å²) in [6, 6.07) is 0. The first-order valence-electron chi connectivity index (χ1n) is 5.29. The minimum absolute atomic E-state index is 0.525. The molecule has 1 rings (SSSR count). The minimum atomic E-state index is 0.525. The van der Waals surface area contributed by atoms with E-state index in [0.717, 1.165) is 5.84 Å². The van der Waals surface area contributed by atoms with Gasteiger partial charge in [-0.25, -0.2) is 5.84 Å². The van der Waals surface area contributed by atoms with Crippen molar-refractivity contribution in [2.45, 2.75) is 26.2 Å². The molecule has 1 aliphatic rings. The lowest BCUT2D eigenvalue weighted by atomic mass is 9.97. The summed E-state index contributed by atoms with van der Waals surface area (Å²) in [7, 11) is 1.68. The van der Waals surface area contributed by atoms with Gasteiger partial charge in [-0.05, 0) is 18.8 Å². The van der Waals surface area contributed by atoms with Crippen molar-refractivity contribution in [1.29, 1.82) is 0 Å². The van der Waals surface area contributed by atoms with Crippen LogP contribution in [0, 0.1) is 11.8 Å². The lowest BCUT2D eigenvalue weighted by Gasteiger charge is -2.17. The van der Waals surface area contributed by atoms with Gasteiger partial charge in [0, 0.05) is 13.0 Å². The normalized spacial score (nSPS) is 28.1. The van der Waals surface area contributed by atoms with Crippen LogP contribution in [0.25, 0.3) is 0 Å². The van der Waals surface area contributed by atoms with Crippen molar-refractivity contribution < 1.29 is 4.74 Å². The van der Waals surface area contributed by atoms with E-state index in [4.69, 9.17) is 10.6 Å². The van der Waals surface area contributed by atoms with Gasteiger partial charge in [0.15, 0.2) is 0 Å². The number of ether oxygens (including phenoxy) is 1. The Morgan fingerprint density at radius 2 is 2.36 bits per heavy atom. The number of nitrogens with one attached hydrogen (secondary N) is 1. The molecule has 1 aliphatic carbocycles. The topological polar surface area (TPSA) is 59.6 Å². The summed E-state index contributed by atoms with van der Waals surface area (Å²) in [5, 5.41) is 0. The Morgan fingerprint density at radius 3 is 2.86 bits per heavy atom. The van der Waals surface area contributed by atoms with Crippen molar-refractivity contribution in [3.8, 4) is 0 Å². The third kappa shape index (κ3) is 2.96. The number of hydrogen-bond acceptors (Lipinski definition) is 3. The van der Waals surface area contributed by atoms with Gasteiger partial charge in [0.25, 0.3) is 0 Å². The second-order valence-electron chi connectivity index (χ2n) is 3.92. The predicted molar refractivity (Wildman–Crippen MR) is 58.0 cm³/mol. The molecule has 0 aromatic heterocycles. The molecule has 0 aromatic carbocycles. The molecular formula is C10H21N3O. The van der Waals surface area contributed by atoms with Gasteiger partial charge in [0.05, 0.1) is 13.2 Å².